The summed E-state index contributed by atoms with van der Waals surface area (Å²) in [6, 6.07) is 1.01. The van der Waals surface area contributed by atoms with Crippen LogP contribution in [0, 0.1) is 5.92 Å². The molecule has 1 saturated heterocycles. The Labute approximate surface area is 98.8 Å². The maximum absolute atomic E-state index is 14.4. The summed E-state index contributed by atoms with van der Waals surface area (Å²) in [4.78, 5) is 24.3. The molecule has 2 aliphatic rings. The van der Waals surface area contributed by atoms with Crippen molar-refractivity contribution in [2.24, 2.45) is 5.92 Å². The van der Waals surface area contributed by atoms with Gasteiger partial charge in [-0.25, -0.2) is 13.6 Å². The molecular formula is C10H10F2N2O4. The van der Waals surface area contributed by atoms with Crippen molar-refractivity contribution in [2.45, 2.75) is 30.8 Å². The normalized spacial score (nSPS) is 45.9. The van der Waals surface area contributed by atoms with Crippen molar-refractivity contribution >= 4 is 0 Å². The second kappa shape index (κ2) is 3.07. The van der Waals surface area contributed by atoms with Crippen LogP contribution in [0.4, 0.5) is 8.78 Å². The number of H-pyrrole nitrogens is 1. The Morgan fingerprint density at radius 1 is 1.50 bits per heavy atom. The summed E-state index contributed by atoms with van der Waals surface area (Å²) in [6.07, 6.45) is -2.01. The number of aliphatic hydroxyl groups excluding tert-OH is 1. The molecule has 2 heterocycles. The maximum atomic E-state index is 14.4. The Morgan fingerprint density at radius 2 is 2.17 bits per heavy atom. The molecule has 5 atom stereocenters. The van der Waals surface area contributed by atoms with Crippen molar-refractivity contribution in [3.63, 3.8) is 0 Å². The van der Waals surface area contributed by atoms with E-state index in [1.54, 1.807) is 0 Å². The average Bonchev–Trinajstić information content (AvgIpc) is 2.70. The first kappa shape index (κ1) is 11.5. The Morgan fingerprint density at radius 3 is 2.67 bits per heavy atom. The van der Waals surface area contributed by atoms with Crippen LogP contribution < -0.4 is 11.2 Å². The minimum absolute atomic E-state index is 0.644. The van der Waals surface area contributed by atoms with Crippen molar-refractivity contribution in [2.75, 3.05) is 0 Å². The fourth-order valence-electron chi connectivity index (χ4n) is 2.54. The average molecular weight is 260 g/mol. The lowest BCUT2D eigenvalue weighted by molar-refractivity contribution is -0.160. The third-order valence-corrected chi connectivity index (χ3v) is 3.52. The Bertz CT molecular complexity index is 625. The van der Waals surface area contributed by atoms with E-state index in [2.05, 4.69) is 0 Å². The van der Waals surface area contributed by atoms with Crippen LogP contribution in [0.1, 0.15) is 13.2 Å². The number of rotatable bonds is 1. The lowest BCUT2D eigenvalue weighted by atomic mass is 10.0. The van der Waals surface area contributed by atoms with Crippen LogP contribution in [0.5, 0.6) is 0 Å². The van der Waals surface area contributed by atoms with E-state index in [4.69, 9.17) is 4.74 Å². The number of nitrogens with zero attached hydrogens (tertiary/aromatic N) is 1. The summed E-state index contributed by atoms with van der Waals surface area (Å²) in [7, 11) is 0. The zero-order valence-corrected chi connectivity index (χ0v) is 9.26. The third-order valence-electron chi connectivity index (χ3n) is 3.52. The van der Waals surface area contributed by atoms with Crippen molar-refractivity contribution in [3.05, 3.63) is 33.1 Å². The Kier molecular flexibility index (Phi) is 1.97. The summed E-state index contributed by atoms with van der Waals surface area (Å²) >= 11 is 0. The Hall–Kier alpha value is -1.54. The van der Waals surface area contributed by atoms with Gasteiger partial charge in [0.05, 0.1) is 5.92 Å². The smallest absolute Gasteiger partial charge is 0.330 e. The van der Waals surface area contributed by atoms with Gasteiger partial charge in [-0.05, 0) is 6.92 Å². The monoisotopic (exact) mass is 260 g/mol. The third kappa shape index (κ3) is 1.21. The molecule has 1 aliphatic carbocycles. The highest BCUT2D eigenvalue weighted by Crippen LogP contribution is 2.66. The molecule has 2 fully saturated rings. The first-order valence-corrected chi connectivity index (χ1v) is 5.33. The number of alkyl halides is 2. The Balaban J connectivity index is 2.05. The number of aromatic amines is 1. The molecule has 1 aliphatic heterocycles. The number of nitrogens with one attached hydrogen (secondary N) is 1. The highest BCUT2D eigenvalue weighted by atomic mass is 19.2. The predicted octanol–water partition coefficient (Wildman–Crippen LogP) is -0.550. The second-order valence-electron chi connectivity index (χ2n) is 4.76. The molecule has 18 heavy (non-hydrogen) atoms. The zero-order valence-electron chi connectivity index (χ0n) is 9.26. The summed E-state index contributed by atoms with van der Waals surface area (Å²) in [5, 5.41) is 9.23. The molecule has 98 valence electrons. The van der Waals surface area contributed by atoms with Crippen LogP contribution >= 0.6 is 0 Å². The standard InChI is InChI=1S/C10H10F2N2O4/c1-9(11)5-6(16)10(5,12)18-7(9)14-3-2-4(15)13-8(14)17/h2-3,5-7,16H,1H3,(H,13,15,17)/t5?,6?,7-,9-,10+/m1/s1. The number of hydrogen-bond donors (Lipinski definition) is 2. The van der Waals surface area contributed by atoms with Gasteiger partial charge in [0.25, 0.3) is 5.56 Å². The number of hydrogen-bond acceptors (Lipinski definition) is 4. The highest BCUT2D eigenvalue weighted by Gasteiger charge is 2.83. The van der Waals surface area contributed by atoms with E-state index < -0.39 is 41.0 Å². The van der Waals surface area contributed by atoms with Gasteiger partial charge in [-0.15, -0.1) is 0 Å². The van der Waals surface area contributed by atoms with Crippen molar-refractivity contribution in [1.29, 1.82) is 0 Å². The minimum Gasteiger partial charge on any atom is -0.387 e. The topological polar surface area (TPSA) is 84.3 Å². The molecule has 1 aromatic rings. The van der Waals surface area contributed by atoms with Gasteiger partial charge in [0.15, 0.2) is 11.9 Å². The number of aromatic nitrogens is 2. The minimum atomic E-state index is -2.45. The molecule has 0 spiro atoms. The lowest BCUT2D eigenvalue weighted by Crippen LogP contribution is -2.41. The van der Waals surface area contributed by atoms with Gasteiger partial charge in [-0.3, -0.25) is 14.3 Å². The van der Waals surface area contributed by atoms with Gasteiger partial charge in [-0.1, -0.05) is 0 Å². The molecule has 3 rings (SSSR count). The van der Waals surface area contributed by atoms with E-state index in [1.165, 1.54) is 0 Å². The van der Waals surface area contributed by atoms with Crippen LogP contribution in [0.2, 0.25) is 0 Å². The van der Waals surface area contributed by atoms with Gasteiger partial charge in [-0.2, -0.15) is 0 Å². The molecule has 8 heteroatoms. The number of aliphatic hydroxyl groups is 1. The molecule has 0 radical (unpaired) electrons. The highest BCUT2D eigenvalue weighted by molar-refractivity contribution is 5.21. The predicted molar refractivity (Wildman–Crippen MR) is 54.3 cm³/mol. The summed E-state index contributed by atoms with van der Waals surface area (Å²) in [5.41, 5.74) is -3.78. The summed E-state index contributed by atoms with van der Waals surface area (Å²) in [5.74, 6) is -3.78. The van der Waals surface area contributed by atoms with Crippen molar-refractivity contribution in [1.82, 2.24) is 9.55 Å². The first-order valence-electron chi connectivity index (χ1n) is 5.33. The van der Waals surface area contributed by atoms with Crippen LogP contribution in [0.15, 0.2) is 21.9 Å². The van der Waals surface area contributed by atoms with Crippen molar-refractivity contribution < 1.29 is 18.6 Å². The molecule has 1 saturated carbocycles. The van der Waals surface area contributed by atoms with E-state index >= 15 is 0 Å². The van der Waals surface area contributed by atoms with Crippen LogP contribution in [-0.4, -0.2) is 32.3 Å². The number of ether oxygens (including phenoxy) is 1. The molecule has 6 nitrogen and oxygen atoms in total. The SMILES string of the molecule is C[C@@]1(F)C2C(O)[C@@]2(F)O[C@H]1n1ccc(=O)[nH]c1=O. The second-order valence-corrected chi connectivity index (χ2v) is 4.76. The fraction of sp³-hybridized carbons (Fsp3) is 0.600. The van der Waals surface area contributed by atoms with E-state index in [-0.39, 0.29) is 0 Å². The van der Waals surface area contributed by atoms with E-state index in [1.807, 2.05) is 4.98 Å². The van der Waals surface area contributed by atoms with E-state index in [9.17, 15) is 23.5 Å². The summed E-state index contributed by atoms with van der Waals surface area (Å²) < 4.78 is 33.8. The fourth-order valence-corrected chi connectivity index (χ4v) is 2.54. The summed E-state index contributed by atoms with van der Waals surface area (Å²) in [6.45, 7) is 1.05. The molecule has 0 amide bonds. The first-order chi connectivity index (χ1) is 8.28. The molecule has 1 aromatic heterocycles. The lowest BCUT2D eigenvalue weighted by Gasteiger charge is -2.26. The van der Waals surface area contributed by atoms with Gasteiger partial charge < -0.3 is 9.84 Å². The van der Waals surface area contributed by atoms with E-state index in [0.717, 1.165) is 23.8 Å². The van der Waals surface area contributed by atoms with Crippen LogP contribution in [0.3, 0.4) is 0 Å². The maximum Gasteiger partial charge on any atom is 0.330 e. The molecule has 2 unspecified atom stereocenters. The van der Waals surface area contributed by atoms with Gasteiger partial charge >= 0.3 is 5.69 Å². The molecular weight excluding hydrogens is 250 g/mol. The largest absolute Gasteiger partial charge is 0.387 e. The van der Waals surface area contributed by atoms with Gasteiger partial charge in [0.1, 0.15) is 6.10 Å². The number of halogens is 2. The molecule has 0 bridgehead atoms. The molecule has 2 N–H and O–H groups in total. The zero-order chi connectivity index (χ0) is 13.3. The van der Waals surface area contributed by atoms with Crippen molar-refractivity contribution in [3.8, 4) is 0 Å². The quantitative estimate of drug-likeness (QED) is 0.709. The van der Waals surface area contributed by atoms with Crippen LogP contribution in [0.25, 0.3) is 0 Å². The van der Waals surface area contributed by atoms with Gasteiger partial charge in [0, 0.05) is 12.3 Å². The molecule has 0 aromatic carbocycles. The van der Waals surface area contributed by atoms with Crippen LogP contribution in [-0.2, 0) is 4.74 Å². The van der Waals surface area contributed by atoms with Gasteiger partial charge in [0.2, 0.25) is 5.85 Å². The van der Waals surface area contributed by atoms with E-state index in [0.29, 0.717) is 0 Å². The number of fused-ring (bicyclic) bond motifs is 1.